The van der Waals surface area contributed by atoms with Crippen LogP contribution in [0.1, 0.15) is 39.7 Å². The lowest BCUT2D eigenvalue weighted by molar-refractivity contribution is -0.139. The predicted octanol–water partition coefficient (Wildman–Crippen LogP) is 4.75. The van der Waals surface area contributed by atoms with Crippen LogP contribution in [0.2, 0.25) is 0 Å². The maximum Gasteiger partial charge on any atom is 0.264 e. The minimum absolute atomic E-state index is 0.0172. The summed E-state index contributed by atoms with van der Waals surface area (Å²) >= 11 is 0. The van der Waals surface area contributed by atoms with Gasteiger partial charge in [-0.1, -0.05) is 37.3 Å². The molecular weight excluding hydrogens is 533 g/mol. The molecule has 0 aliphatic rings. The highest BCUT2D eigenvalue weighted by molar-refractivity contribution is 7.92. The van der Waals surface area contributed by atoms with Crippen LogP contribution in [0, 0.1) is 5.82 Å². The Kier molecular flexibility index (Phi) is 10.7. The first-order valence-electron chi connectivity index (χ1n) is 13.2. The van der Waals surface area contributed by atoms with Gasteiger partial charge in [0, 0.05) is 12.6 Å². The topological polar surface area (TPSA) is 96.0 Å². The number of nitrogens with zero attached hydrogens (tertiary/aromatic N) is 2. The van der Waals surface area contributed by atoms with Crippen LogP contribution in [0.5, 0.6) is 5.75 Å². The van der Waals surface area contributed by atoms with Crippen molar-refractivity contribution in [2.45, 2.75) is 57.6 Å². The lowest BCUT2D eigenvalue weighted by atomic mass is 10.1. The molecular formula is C30H36FN3O5S. The highest BCUT2D eigenvalue weighted by Gasteiger charge is 2.32. The Balaban J connectivity index is 2.01. The van der Waals surface area contributed by atoms with Crippen LogP contribution in [0.15, 0.2) is 83.8 Å². The van der Waals surface area contributed by atoms with Crippen molar-refractivity contribution in [2.24, 2.45) is 0 Å². The molecule has 2 amide bonds. The van der Waals surface area contributed by atoms with Gasteiger partial charge in [0.15, 0.2) is 0 Å². The minimum Gasteiger partial charge on any atom is -0.494 e. The van der Waals surface area contributed by atoms with Crippen molar-refractivity contribution in [3.05, 3.63) is 90.2 Å². The number of amides is 2. The molecule has 0 aliphatic heterocycles. The number of sulfonamides is 1. The van der Waals surface area contributed by atoms with E-state index in [9.17, 15) is 22.4 Å². The first-order chi connectivity index (χ1) is 19.1. The fraction of sp³-hybridized carbons (Fsp3) is 0.333. The summed E-state index contributed by atoms with van der Waals surface area (Å²) < 4.78 is 47.6. The average Bonchev–Trinajstić information content (AvgIpc) is 2.96. The predicted molar refractivity (Wildman–Crippen MR) is 153 cm³/mol. The molecule has 0 heterocycles. The van der Waals surface area contributed by atoms with Crippen LogP contribution >= 0.6 is 0 Å². The van der Waals surface area contributed by atoms with Crippen molar-refractivity contribution in [3.63, 3.8) is 0 Å². The zero-order chi connectivity index (χ0) is 29.3. The first kappa shape index (κ1) is 30.6. The summed E-state index contributed by atoms with van der Waals surface area (Å²) in [5.74, 6) is -0.837. The van der Waals surface area contributed by atoms with E-state index in [1.165, 1.54) is 41.3 Å². The second kappa shape index (κ2) is 13.9. The van der Waals surface area contributed by atoms with E-state index in [0.29, 0.717) is 24.3 Å². The number of hydrogen-bond acceptors (Lipinski definition) is 5. The van der Waals surface area contributed by atoms with Gasteiger partial charge in [-0.05, 0) is 81.3 Å². The average molecular weight is 570 g/mol. The van der Waals surface area contributed by atoms with Crippen molar-refractivity contribution in [3.8, 4) is 5.75 Å². The second-order valence-corrected chi connectivity index (χ2v) is 11.3. The molecule has 0 saturated heterocycles. The zero-order valence-electron chi connectivity index (χ0n) is 23.2. The third-order valence-electron chi connectivity index (χ3n) is 6.48. The Labute approximate surface area is 235 Å². The molecule has 0 fully saturated rings. The van der Waals surface area contributed by atoms with Crippen LogP contribution in [0.4, 0.5) is 10.1 Å². The highest BCUT2D eigenvalue weighted by Crippen LogP contribution is 2.26. The van der Waals surface area contributed by atoms with Crippen LogP contribution in [-0.2, 0) is 26.2 Å². The van der Waals surface area contributed by atoms with Gasteiger partial charge in [0.1, 0.15) is 24.2 Å². The monoisotopic (exact) mass is 569 g/mol. The van der Waals surface area contributed by atoms with Gasteiger partial charge in [-0.25, -0.2) is 12.8 Å². The van der Waals surface area contributed by atoms with E-state index in [1.54, 1.807) is 49.4 Å². The van der Waals surface area contributed by atoms with E-state index in [-0.39, 0.29) is 29.1 Å². The van der Waals surface area contributed by atoms with Gasteiger partial charge < -0.3 is 15.0 Å². The van der Waals surface area contributed by atoms with Gasteiger partial charge >= 0.3 is 0 Å². The molecule has 2 atom stereocenters. The Hall–Kier alpha value is -3.92. The van der Waals surface area contributed by atoms with Gasteiger partial charge in [-0.3, -0.25) is 13.9 Å². The maximum atomic E-state index is 13.9. The third kappa shape index (κ3) is 7.81. The molecule has 0 bridgehead atoms. The molecule has 8 nitrogen and oxygen atoms in total. The molecule has 214 valence electrons. The standard InChI is InChI=1S/C30H36FN3O5S/c1-5-22(3)32-30(36)23(4)33(20-24-12-14-25(31)15-13-24)29(35)21-34(26-16-18-27(19-17-26)39-6-2)40(37,38)28-10-8-7-9-11-28/h7-19,22-23H,5-6,20-21H2,1-4H3,(H,32,36). The molecule has 40 heavy (non-hydrogen) atoms. The zero-order valence-corrected chi connectivity index (χ0v) is 24.0. The largest absolute Gasteiger partial charge is 0.494 e. The molecule has 0 saturated carbocycles. The summed E-state index contributed by atoms with van der Waals surface area (Å²) in [7, 11) is -4.16. The molecule has 2 unspecified atom stereocenters. The van der Waals surface area contributed by atoms with Gasteiger partial charge in [0.25, 0.3) is 10.0 Å². The van der Waals surface area contributed by atoms with E-state index < -0.39 is 34.3 Å². The number of nitrogens with one attached hydrogen (secondary N) is 1. The van der Waals surface area contributed by atoms with Crippen LogP contribution < -0.4 is 14.4 Å². The number of carbonyl (C=O) groups is 2. The van der Waals surface area contributed by atoms with Crippen molar-refractivity contribution >= 4 is 27.5 Å². The summed E-state index contributed by atoms with van der Waals surface area (Å²) in [6, 6.07) is 18.8. The molecule has 0 aromatic heterocycles. The molecule has 3 rings (SSSR count). The molecule has 0 aliphatic carbocycles. The fourth-order valence-corrected chi connectivity index (χ4v) is 5.39. The molecule has 1 N–H and O–H groups in total. The van der Waals surface area contributed by atoms with E-state index in [1.807, 2.05) is 20.8 Å². The number of carbonyl (C=O) groups excluding carboxylic acids is 2. The summed E-state index contributed by atoms with van der Waals surface area (Å²) in [5, 5.41) is 2.88. The lowest BCUT2D eigenvalue weighted by Crippen LogP contribution is -2.52. The summed E-state index contributed by atoms with van der Waals surface area (Å²) in [4.78, 5) is 28.3. The number of anilines is 1. The van der Waals surface area contributed by atoms with E-state index >= 15 is 0 Å². The number of hydrogen-bond donors (Lipinski definition) is 1. The molecule has 3 aromatic rings. The Morgan fingerprint density at radius 2 is 1.55 bits per heavy atom. The van der Waals surface area contributed by atoms with Crippen LogP contribution in [0.25, 0.3) is 0 Å². The minimum atomic E-state index is -4.16. The second-order valence-electron chi connectivity index (χ2n) is 9.39. The fourth-order valence-electron chi connectivity index (χ4n) is 3.96. The van der Waals surface area contributed by atoms with Crippen molar-refractivity contribution in [2.75, 3.05) is 17.5 Å². The van der Waals surface area contributed by atoms with Gasteiger partial charge in [-0.15, -0.1) is 0 Å². The normalized spacial score (nSPS) is 12.7. The van der Waals surface area contributed by atoms with E-state index in [2.05, 4.69) is 5.32 Å². The van der Waals surface area contributed by atoms with Crippen LogP contribution in [0.3, 0.4) is 0 Å². The Morgan fingerprint density at radius 1 is 0.925 bits per heavy atom. The van der Waals surface area contributed by atoms with Crippen molar-refractivity contribution in [1.82, 2.24) is 10.2 Å². The Morgan fingerprint density at radius 3 is 2.12 bits per heavy atom. The Bertz CT molecular complexity index is 1370. The van der Waals surface area contributed by atoms with E-state index in [4.69, 9.17) is 4.74 Å². The molecule has 0 spiro atoms. The van der Waals surface area contributed by atoms with Gasteiger partial charge in [0.2, 0.25) is 11.8 Å². The van der Waals surface area contributed by atoms with Crippen LogP contribution in [-0.4, -0.2) is 50.4 Å². The van der Waals surface area contributed by atoms with Crippen molar-refractivity contribution in [1.29, 1.82) is 0 Å². The smallest absolute Gasteiger partial charge is 0.264 e. The van der Waals surface area contributed by atoms with Gasteiger partial charge in [0.05, 0.1) is 17.2 Å². The van der Waals surface area contributed by atoms with E-state index in [0.717, 1.165) is 4.31 Å². The number of rotatable bonds is 13. The summed E-state index contributed by atoms with van der Waals surface area (Å²) in [6.45, 7) is 7.08. The molecule has 0 radical (unpaired) electrons. The maximum absolute atomic E-state index is 13.9. The highest BCUT2D eigenvalue weighted by atomic mass is 32.2. The first-order valence-corrected chi connectivity index (χ1v) is 14.7. The number of halogens is 1. The number of benzene rings is 3. The quantitative estimate of drug-likeness (QED) is 0.321. The summed E-state index contributed by atoms with van der Waals surface area (Å²) in [6.07, 6.45) is 0.700. The van der Waals surface area contributed by atoms with Gasteiger partial charge in [-0.2, -0.15) is 0 Å². The van der Waals surface area contributed by atoms with Crippen molar-refractivity contribution < 1.29 is 27.1 Å². The number of ether oxygens (including phenoxy) is 1. The lowest BCUT2D eigenvalue weighted by Gasteiger charge is -2.32. The summed E-state index contributed by atoms with van der Waals surface area (Å²) in [5.41, 5.74) is 0.857. The molecule has 3 aromatic carbocycles. The SMILES string of the molecule is CCOc1ccc(N(CC(=O)N(Cc2ccc(F)cc2)C(C)C(=O)NC(C)CC)S(=O)(=O)c2ccccc2)cc1. The third-order valence-corrected chi connectivity index (χ3v) is 8.27. The molecule has 10 heteroatoms.